The van der Waals surface area contributed by atoms with E-state index in [4.69, 9.17) is 10.5 Å². The number of nitrogens with two attached hydrogens (primary N) is 1. The fraction of sp³-hybridized carbons (Fsp3) is 0.0417. The van der Waals surface area contributed by atoms with Crippen molar-refractivity contribution in [2.45, 2.75) is 4.90 Å². The molecule has 0 aliphatic heterocycles. The van der Waals surface area contributed by atoms with Crippen LogP contribution in [-0.4, -0.2) is 40.1 Å². The van der Waals surface area contributed by atoms with Crippen molar-refractivity contribution in [3.63, 3.8) is 0 Å². The molecule has 14 nitrogen and oxygen atoms in total. The number of aromatic nitrogens is 5. The lowest BCUT2D eigenvalue weighted by molar-refractivity contribution is 0.415. The maximum absolute atomic E-state index is 12.7. The summed E-state index contributed by atoms with van der Waals surface area (Å²) in [7, 11) is -2.35. The molecule has 0 amide bonds. The third-order valence-electron chi connectivity index (χ3n) is 5.44. The number of aromatic amines is 1. The number of rotatable bonds is 7. The van der Waals surface area contributed by atoms with Gasteiger partial charge in [-0.05, 0) is 54.6 Å². The van der Waals surface area contributed by atoms with Crippen LogP contribution in [0.1, 0.15) is 5.56 Å². The van der Waals surface area contributed by atoms with Crippen LogP contribution in [0.15, 0.2) is 86.9 Å². The van der Waals surface area contributed by atoms with Gasteiger partial charge in [0.05, 0.1) is 17.7 Å². The van der Waals surface area contributed by atoms with Gasteiger partial charge in [-0.25, -0.2) is 27.9 Å². The molecule has 0 radical (unpaired) electrons. The Morgan fingerprint density at radius 3 is 2.41 bits per heavy atom. The van der Waals surface area contributed by atoms with Gasteiger partial charge in [0.1, 0.15) is 28.9 Å². The minimum Gasteiger partial charge on any atom is -0.497 e. The zero-order valence-electron chi connectivity index (χ0n) is 20.1. The first-order chi connectivity index (χ1) is 18.8. The van der Waals surface area contributed by atoms with Crippen LogP contribution in [0.25, 0.3) is 17.2 Å². The molecule has 5 rings (SSSR count). The maximum Gasteiger partial charge on any atom is 0.294 e. The molecular formula is C24H18N10O4S. The molecule has 4 N–H and O–H groups in total. The number of fused-ring (bicyclic) bond motifs is 1. The van der Waals surface area contributed by atoms with Gasteiger partial charge in [-0.2, -0.15) is 10.4 Å². The van der Waals surface area contributed by atoms with Gasteiger partial charge in [-0.3, -0.25) is 14.6 Å². The zero-order valence-corrected chi connectivity index (χ0v) is 20.9. The molecule has 3 heterocycles. The number of nitrogens with one attached hydrogen (secondary N) is 2. The van der Waals surface area contributed by atoms with Crippen molar-refractivity contribution in [2.24, 2.45) is 10.2 Å². The highest BCUT2D eigenvalue weighted by molar-refractivity contribution is 7.92. The van der Waals surface area contributed by atoms with Crippen LogP contribution < -0.4 is 20.8 Å². The van der Waals surface area contributed by atoms with Crippen LogP contribution in [0.3, 0.4) is 0 Å². The molecule has 0 saturated heterocycles. The fourth-order valence-corrected chi connectivity index (χ4v) is 4.65. The SMILES string of the molecule is COc1ccc(NS(=O)(=O)c2ccc(N=Nc3c(=O)[nH]n4c(-c5ncccn5)c(C#N)c(N)nc34)cc2)cc1. The van der Waals surface area contributed by atoms with Gasteiger partial charge in [0.25, 0.3) is 15.6 Å². The lowest BCUT2D eigenvalue weighted by Crippen LogP contribution is -2.12. The Bertz CT molecular complexity index is 1910. The normalized spacial score (nSPS) is 11.5. The number of nitrogens with zero attached hydrogens (tertiary/aromatic N) is 7. The van der Waals surface area contributed by atoms with Crippen molar-refractivity contribution >= 4 is 38.6 Å². The predicted molar refractivity (Wildman–Crippen MR) is 140 cm³/mol. The standard InChI is InChI=1S/C24H18N10O4S/c1-38-16-7-3-15(4-8-16)33-39(36,37)17-9-5-14(6-10-17)30-31-19-23-29-21(26)18(13-25)20(34(23)32-24(19)35)22-27-11-2-12-28-22/h2-12,33H,1H3,(H2,26,29)(H,32,35). The molecule has 5 aromatic rings. The second-order valence-electron chi connectivity index (χ2n) is 7.88. The number of benzene rings is 2. The summed E-state index contributed by atoms with van der Waals surface area (Å²) >= 11 is 0. The number of nitrogen functional groups attached to an aromatic ring is 1. The summed E-state index contributed by atoms with van der Waals surface area (Å²) in [5, 5.41) is 20.2. The van der Waals surface area contributed by atoms with Gasteiger partial charge >= 0.3 is 0 Å². The Labute approximate surface area is 220 Å². The van der Waals surface area contributed by atoms with E-state index in [-0.39, 0.29) is 44.8 Å². The number of sulfonamides is 1. The average Bonchev–Trinajstić information content (AvgIpc) is 3.26. The van der Waals surface area contributed by atoms with Gasteiger partial charge in [-0.1, -0.05) is 0 Å². The van der Waals surface area contributed by atoms with Crippen molar-refractivity contribution in [1.82, 2.24) is 24.6 Å². The van der Waals surface area contributed by atoms with Gasteiger partial charge < -0.3 is 10.5 Å². The van der Waals surface area contributed by atoms with E-state index in [0.29, 0.717) is 11.4 Å². The molecule has 3 aromatic heterocycles. The van der Waals surface area contributed by atoms with Crippen molar-refractivity contribution in [3.8, 4) is 23.3 Å². The number of hydrogen-bond donors (Lipinski definition) is 3. The van der Waals surface area contributed by atoms with Crippen molar-refractivity contribution in [3.05, 3.63) is 82.9 Å². The molecule has 39 heavy (non-hydrogen) atoms. The number of ether oxygens (including phenoxy) is 1. The largest absolute Gasteiger partial charge is 0.497 e. The van der Waals surface area contributed by atoms with E-state index >= 15 is 0 Å². The first-order valence-electron chi connectivity index (χ1n) is 11.1. The van der Waals surface area contributed by atoms with Crippen molar-refractivity contribution < 1.29 is 13.2 Å². The molecule has 0 aliphatic rings. The molecule has 0 saturated carbocycles. The molecule has 0 atom stereocenters. The molecule has 2 aromatic carbocycles. The zero-order chi connectivity index (χ0) is 27.6. The summed E-state index contributed by atoms with van der Waals surface area (Å²) in [6, 6.07) is 15.5. The number of nitriles is 1. The highest BCUT2D eigenvalue weighted by Crippen LogP contribution is 2.28. The predicted octanol–water partition coefficient (Wildman–Crippen LogP) is 3.16. The average molecular weight is 543 g/mol. The van der Waals surface area contributed by atoms with E-state index in [0.717, 1.165) is 0 Å². The van der Waals surface area contributed by atoms with Gasteiger partial charge in [-0.15, -0.1) is 5.11 Å². The number of methoxy groups -OCH3 is 1. The topological polar surface area (TPSA) is 206 Å². The Kier molecular flexibility index (Phi) is 6.44. The van der Waals surface area contributed by atoms with Crippen LogP contribution in [0.5, 0.6) is 5.75 Å². The maximum atomic E-state index is 12.7. The third kappa shape index (κ3) is 4.86. The smallest absolute Gasteiger partial charge is 0.294 e. The second-order valence-corrected chi connectivity index (χ2v) is 9.56. The summed E-state index contributed by atoms with van der Waals surface area (Å²) in [5.74, 6) is 0.591. The molecule has 0 unspecified atom stereocenters. The van der Waals surface area contributed by atoms with Crippen LogP contribution in [0.2, 0.25) is 0 Å². The summed E-state index contributed by atoms with van der Waals surface area (Å²) in [6.45, 7) is 0. The van der Waals surface area contributed by atoms with E-state index in [9.17, 15) is 18.5 Å². The minimum absolute atomic E-state index is 0.00425. The van der Waals surface area contributed by atoms with E-state index in [1.807, 2.05) is 6.07 Å². The van der Waals surface area contributed by atoms with Gasteiger partial charge in [0.2, 0.25) is 0 Å². The summed E-state index contributed by atoms with van der Waals surface area (Å²) in [6.07, 6.45) is 2.95. The van der Waals surface area contributed by atoms with Crippen molar-refractivity contribution in [1.29, 1.82) is 5.26 Å². The first kappa shape index (κ1) is 25.0. The number of H-pyrrole nitrogens is 1. The Balaban J connectivity index is 1.45. The lowest BCUT2D eigenvalue weighted by atomic mass is 10.2. The number of anilines is 2. The molecular weight excluding hydrogens is 524 g/mol. The first-order valence-corrected chi connectivity index (χ1v) is 12.6. The van der Waals surface area contributed by atoms with E-state index in [1.54, 1.807) is 30.3 Å². The van der Waals surface area contributed by atoms with Gasteiger partial charge in [0, 0.05) is 18.1 Å². The highest BCUT2D eigenvalue weighted by atomic mass is 32.2. The van der Waals surface area contributed by atoms with Crippen LogP contribution in [0, 0.1) is 11.3 Å². The summed E-state index contributed by atoms with van der Waals surface area (Å²) < 4.78 is 34.3. The molecule has 0 spiro atoms. The lowest BCUT2D eigenvalue weighted by Gasteiger charge is -2.09. The Morgan fingerprint density at radius 2 is 1.77 bits per heavy atom. The van der Waals surface area contributed by atoms with E-state index in [1.165, 1.54) is 48.3 Å². The second kappa shape index (κ2) is 10.0. The quantitative estimate of drug-likeness (QED) is 0.258. The van der Waals surface area contributed by atoms with Gasteiger partial charge in [0.15, 0.2) is 17.2 Å². The van der Waals surface area contributed by atoms with Crippen molar-refractivity contribution in [2.75, 3.05) is 17.6 Å². The van der Waals surface area contributed by atoms with Crippen LogP contribution in [-0.2, 0) is 10.0 Å². The summed E-state index contributed by atoms with van der Waals surface area (Å²) in [5.41, 5.74) is 5.91. The fourth-order valence-electron chi connectivity index (χ4n) is 3.59. The third-order valence-corrected chi connectivity index (χ3v) is 6.84. The number of hydrogen-bond acceptors (Lipinski definition) is 11. The van der Waals surface area contributed by atoms with Crippen LogP contribution >= 0.6 is 0 Å². The molecule has 0 aliphatic carbocycles. The molecule has 15 heteroatoms. The Hall–Kier alpha value is -5.62. The van der Waals surface area contributed by atoms with E-state index < -0.39 is 15.6 Å². The highest BCUT2D eigenvalue weighted by Gasteiger charge is 2.22. The number of azo groups is 1. The summed E-state index contributed by atoms with van der Waals surface area (Å²) in [4.78, 5) is 25.1. The molecule has 0 fully saturated rings. The Morgan fingerprint density at radius 1 is 1.08 bits per heavy atom. The minimum atomic E-state index is -3.87. The molecule has 194 valence electrons. The molecule has 0 bridgehead atoms. The monoisotopic (exact) mass is 542 g/mol. The van der Waals surface area contributed by atoms with E-state index in [2.05, 4.69) is 35.0 Å². The van der Waals surface area contributed by atoms with Crippen LogP contribution in [0.4, 0.5) is 22.9 Å².